The van der Waals surface area contributed by atoms with Gasteiger partial charge in [0.25, 0.3) is 0 Å². The van der Waals surface area contributed by atoms with E-state index in [0.717, 1.165) is 6.42 Å². The average Bonchev–Trinajstić information content (AvgIpc) is 2.16. The molecule has 1 heterocycles. The quantitative estimate of drug-likeness (QED) is 0.410. The minimum Gasteiger partial charge on any atom is -0.473 e. The Labute approximate surface area is 59.2 Å². The standard InChI is InChI=1S/C6H7NOS/c1-6(7-5-9)3-2-4-8-6/h2,4H,3H2,1H3. The van der Waals surface area contributed by atoms with E-state index in [1.807, 2.05) is 13.0 Å². The SMILES string of the molecule is CC1(N=C=S)CC=CO1. The topological polar surface area (TPSA) is 21.6 Å². The average molecular weight is 141 g/mol. The maximum absolute atomic E-state index is 5.10. The molecule has 0 saturated heterocycles. The summed E-state index contributed by atoms with van der Waals surface area (Å²) in [7, 11) is 0. The Morgan fingerprint density at radius 1 is 1.89 bits per heavy atom. The van der Waals surface area contributed by atoms with Crippen LogP contribution in [-0.4, -0.2) is 10.9 Å². The monoisotopic (exact) mass is 141 g/mol. The lowest BCUT2D eigenvalue weighted by Crippen LogP contribution is -2.18. The second-order valence-corrected chi connectivity index (χ2v) is 2.25. The molecule has 0 N–H and O–H groups in total. The highest BCUT2D eigenvalue weighted by Gasteiger charge is 2.24. The summed E-state index contributed by atoms with van der Waals surface area (Å²) in [5.74, 6) is 0. The summed E-state index contributed by atoms with van der Waals surface area (Å²) < 4.78 is 5.10. The van der Waals surface area contributed by atoms with Crippen molar-refractivity contribution >= 4 is 17.4 Å². The summed E-state index contributed by atoms with van der Waals surface area (Å²) in [6.45, 7) is 1.87. The smallest absolute Gasteiger partial charge is 0.209 e. The Morgan fingerprint density at radius 3 is 3.11 bits per heavy atom. The minimum absolute atomic E-state index is 0.457. The zero-order valence-corrected chi connectivity index (χ0v) is 5.94. The van der Waals surface area contributed by atoms with Crippen molar-refractivity contribution in [1.29, 1.82) is 0 Å². The van der Waals surface area contributed by atoms with Crippen LogP contribution in [0.1, 0.15) is 13.3 Å². The highest BCUT2D eigenvalue weighted by molar-refractivity contribution is 7.78. The molecule has 0 aliphatic carbocycles. The number of hydrogen-bond acceptors (Lipinski definition) is 3. The van der Waals surface area contributed by atoms with Crippen molar-refractivity contribution < 1.29 is 4.74 Å². The molecule has 3 heteroatoms. The van der Waals surface area contributed by atoms with Gasteiger partial charge in [-0.15, -0.1) is 0 Å². The number of hydrogen-bond donors (Lipinski definition) is 0. The minimum atomic E-state index is -0.457. The van der Waals surface area contributed by atoms with Gasteiger partial charge in [-0.25, -0.2) is 0 Å². The van der Waals surface area contributed by atoms with Gasteiger partial charge in [0.15, 0.2) is 0 Å². The zero-order valence-electron chi connectivity index (χ0n) is 5.13. The lowest BCUT2D eigenvalue weighted by Gasteiger charge is -2.15. The second-order valence-electron chi connectivity index (χ2n) is 2.07. The predicted octanol–water partition coefficient (Wildman–Crippen LogP) is 1.74. The number of isothiocyanates is 1. The van der Waals surface area contributed by atoms with Crippen molar-refractivity contribution in [3.05, 3.63) is 12.3 Å². The van der Waals surface area contributed by atoms with E-state index in [0.29, 0.717) is 0 Å². The third-order valence-corrected chi connectivity index (χ3v) is 1.29. The summed E-state index contributed by atoms with van der Waals surface area (Å²) >= 11 is 4.44. The normalized spacial score (nSPS) is 31.2. The summed E-state index contributed by atoms with van der Waals surface area (Å²) in [6.07, 6.45) is 4.34. The van der Waals surface area contributed by atoms with Gasteiger partial charge in [-0.3, -0.25) is 0 Å². The number of nitrogens with zero attached hydrogens (tertiary/aromatic N) is 1. The van der Waals surface area contributed by atoms with E-state index < -0.39 is 5.72 Å². The molecule has 2 nitrogen and oxygen atoms in total. The molecule has 1 aliphatic rings. The molecule has 1 unspecified atom stereocenters. The number of aliphatic imine (C=N–C) groups is 1. The van der Waals surface area contributed by atoms with Crippen molar-refractivity contribution in [3.8, 4) is 0 Å². The van der Waals surface area contributed by atoms with E-state index in [2.05, 4.69) is 22.4 Å². The largest absolute Gasteiger partial charge is 0.473 e. The molecule has 0 aromatic heterocycles. The molecule has 1 rings (SSSR count). The first-order valence-electron chi connectivity index (χ1n) is 2.69. The van der Waals surface area contributed by atoms with Crippen LogP contribution in [0.5, 0.6) is 0 Å². The molecule has 0 aromatic carbocycles. The van der Waals surface area contributed by atoms with Gasteiger partial charge in [-0.05, 0) is 25.2 Å². The van der Waals surface area contributed by atoms with Gasteiger partial charge in [-0.2, -0.15) is 4.99 Å². The van der Waals surface area contributed by atoms with Gasteiger partial charge in [0.05, 0.1) is 11.4 Å². The van der Waals surface area contributed by atoms with Crippen LogP contribution in [0.2, 0.25) is 0 Å². The molecule has 48 valence electrons. The first-order chi connectivity index (χ1) is 4.27. The predicted molar refractivity (Wildman–Crippen MR) is 38.3 cm³/mol. The highest BCUT2D eigenvalue weighted by Crippen LogP contribution is 2.22. The molecule has 1 aliphatic heterocycles. The van der Waals surface area contributed by atoms with Gasteiger partial charge >= 0.3 is 0 Å². The van der Waals surface area contributed by atoms with Gasteiger partial charge in [0.1, 0.15) is 0 Å². The van der Waals surface area contributed by atoms with Crippen molar-refractivity contribution in [2.75, 3.05) is 0 Å². The number of thiocarbonyl (C=S) groups is 1. The van der Waals surface area contributed by atoms with Crippen LogP contribution in [0.4, 0.5) is 0 Å². The molecule has 0 saturated carbocycles. The lowest BCUT2D eigenvalue weighted by atomic mass is 10.2. The summed E-state index contributed by atoms with van der Waals surface area (Å²) in [4.78, 5) is 3.84. The maximum Gasteiger partial charge on any atom is 0.209 e. The van der Waals surface area contributed by atoms with Crippen LogP contribution in [0, 0.1) is 0 Å². The van der Waals surface area contributed by atoms with Crippen molar-refractivity contribution in [2.45, 2.75) is 19.1 Å². The zero-order chi connectivity index (χ0) is 6.74. The fourth-order valence-electron chi connectivity index (χ4n) is 0.678. The Hall–Kier alpha value is -0.660. The molecule has 0 amide bonds. The Bertz CT molecular complexity index is 173. The summed E-state index contributed by atoms with van der Waals surface area (Å²) in [5, 5.41) is 2.29. The van der Waals surface area contributed by atoms with Gasteiger partial charge in [0.2, 0.25) is 5.72 Å². The van der Waals surface area contributed by atoms with E-state index in [1.165, 1.54) is 0 Å². The van der Waals surface area contributed by atoms with Gasteiger partial charge in [0, 0.05) is 6.42 Å². The molecule has 0 aromatic rings. The first-order valence-corrected chi connectivity index (χ1v) is 3.09. The van der Waals surface area contributed by atoms with Gasteiger partial charge < -0.3 is 4.74 Å². The van der Waals surface area contributed by atoms with Crippen LogP contribution in [-0.2, 0) is 4.74 Å². The Kier molecular flexibility index (Phi) is 1.65. The van der Waals surface area contributed by atoms with Crippen molar-refractivity contribution in [1.82, 2.24) is 0 Å². The molecule has 9 heavy (non-hydrogen) atoms. The van der Waals surface area contributed by atoms with E-state index in [4.69, 9.17) is 4.74 Å². The second kappa shape index (κ2) is 2.29. The molecule has 0 bridgehead atoms. The molecule has 0 spiro atoms. The lowest BCUT2D eigenvalue weighted by molar-refractivity contribution is 0.0739. The first kappa shape index (κ1) is 6.46. The maximum atomic E-state index is 5.10. The summed E-state index contributed by atoms with van der Waals surface area (Å²) in [6, 6.07) is 0. The van der Waals surface area contributed by atoms with E-state index >= 15 is 0 Å². The highest BCUT2D eigenvalue weighted by atomic mass is 32.1. The van der Waals surface area contributed by atoms with Crippen LogP contribution in [0.3, 0.4) is 0 Å². The van der Waals surface area contributed by atoms with E-state index in [-0.39, 0.29) is 0 Å². The molecular formula is C6H7NOS. The fourth-order valence-corrected chi connectivity index (χ4v) is 0.871. The molecular weight excluding hydrogens is 134 g/mol. The molecule has 0 fully saturated rings. The van der Waals surface area contributed by atoms with Crippen LogP contribution < -0.4 is 0 Å². The third-order valence-electron chi connectivity index (χ3n) is 1.20. The fraction of sp³-hybridized carbons (Fsp3) is 0.500. The summed E-state index contributed by atoms with van der Waals surface area (Å²) in [5.41, 5.74) is -0.457. The molecule has 1 atom stereocenters. The van der Waals surface area contributed by atoms with Crippen molar-refractivity contribution in [2.24, 2.45) is 4.99 Å². The van der Waals surface area contributed by atoms with Crippen LogP contribution in [0.15, 0.2) is 17.3 Å². The number of ether oxygens (including phenoxy) is 1. The van der Waals surface area contributed by atoms with Crippen LogP contribution >= 0.6 is 12.2 Å². The van der Waals surface area contributed by atoms with Gasteiger partial charge in [-0.1, -0.05) is 0 Å². The van der Waals surface area contributed by atoms with E-state index in [9.17, 15) is 0 Å². The van der Waals surface area contributed by atoms with E-state index in [1.54, 1.807) is 6.26 Å². The molecule has 0 radical (unpaired) electrons. The van der Waals surface area contributed by atoms with Crippen LogP contribution in [0.25, 0.3) is 0 Å². The van der Waals surface area contributed by atoms with Crippen molar-refractivity contribution in [3.63, 3.8) is 0 Å². The third kappa shape index (κ3) is 1.37. The Morgan fingerprint density at radius 2 is 2.67 bits per heavy atom. The number of rotatable bonds is 1. The Balaban J connectivity index is 2.65.